The highest BCUT2D eigenvalue weighted by Crippen LogP contribution is 2.31. The number of hydrogen-bond donors (Lipinski definition) is 0. The zero-order valence-electron chi connectivity index (χ0n) is 17.1. The molecule has 0 saturated heterocycles. The summed E-state index contributed by atoms with van der Waals surface area (Å²) in [6.45, 7) is 6.39. The van der Waals surface area contributed by atoms with E-state index < -0.39 is 0 Å². The van der Waals surface area contributed by atoms with E-state index in [9.17, 15) is 4.79 Å². The van der Waals surface area contributed by atoms with E-state index in [4.69, 9.17) is 16.3 Å². The van der Waals surface area contributed by atoms with Crippen molar-refractivity contribution < 1.29 is 9.53 Å². The summed E-state index contributed by atoms with van der Waals surface area (Å²) in [4.78, 5) is 16.1. The van der Waals surface area contributed by atoms with Crippen LogP contribution in [0.15, 0.2) is 49.1 Å². The van der Waals surface area contributed by atoms with Gasteiger partial charge in [-0.3, -0.25) is 4.90 Å². The highest BCUT2D eigenvalue weighted by Gasteiger charge is 2.21. The molecule has 1 saturated carbocycles. The first-order valence-electron chi connectivity index (χ1n) is 10.1. The number of benzene rings is 1. The van der Waals surface area contributed by atoms with Gasteiger partial charge in [0, 0.05) is 31.7 Å². The maximum atomic E-state index is 12.2. The topological polar surface area (TPSA) is 32.8 Å². The SMILES string of the molecule is C=CCN(C)CC=C[C@H]1CC[C@H](CCN(C)C(=O)Oc2ccc(Cl)cc2)CC1. The van der Waals surface area contributed by atoms with Crippen LogP contribution in [0.2, 0.25) is 5.02 Å². The third kappa shape index (κ3) is 8.07. The molecular weight excluding hydrogens is 372 g/mol. The van der Waals surface area contributed by atoms with Crippen LogP contribution in [0, 0.1) is 11.8 Å². The van der Waals surface area contributed by atoms with Crippen molar-refractivity contribution in [1.82, 2.24) is 9.80 Å². The molecule has 154 valence electrons. The Morgan fingerprint density at radius 2 is 1.86 bits per heavy atom. The number of ether oxygens (including phenoxy) is 1. The van der Waals surface area contributed by atoms with Crippen LogP contribution in [-0.4, -0.2) is 49.6 Å². The Hall–Kier alpha value is -1.78. The van der Waals surface area contributed by atoms with Gasteiger partial charge < -0.3 is 9.64 Å². The summed E-state index contributed by atoms with van der Waals surface area (Å²) in [7, 11) is 3.91. The van der Waals surface area contributed by atoms with Crippen molar-refractivity contribution in [2.24, 2.45) is 11.8 Å². The lowest BCUT2D eigenvalue weighted by Gasteiger charge is -2.28. The fourth-order valence-electron chi connectivity index (χ4n) is 3.55. The molecule has 0 bridgehead atoms. The fraction of sp³-hybridized carbons (Fsp3) is 0.522. The maximum absolute atomic E-state index is 12.2. The molecule has 5 heteroatoms. The third-order valence-corrected chi connectivity index (χ3v) is 5.61. The molecule has 0 aromatic heterocycles. The maximum Gasteiger partial charge on any atom is 0.414 e. The minimum Gasteiger partial charge on any atom is -0.410 e. The van der Waals surface area contributed by atoms with Gasteiger partial charge in [-0.05, 0) is 75.3 Å². The molecule has 0 atom stereocenters. The Morgan fingerprint density at radius 1 is 1.18 bits per heavy atom. The number of rotatable bonds is 9. The van der Waals surface area contributed by atoms with Crippen molar-refractivity contribution in [3.8, 4) is 5.75 Å². The molecule has 4 nitrogen and oxygen atoms in total. The second-order valence-electron chi connectivity index (χ2n) is 7.75. The van der Waals surface area contributed by atoms with Gasteiger partial charge in [0.15, 0.2) is 0 Å². The second kappa shape index (κ2) is 11.9. The number of amides is 1. The molecule has 0 heterocycles. The Kier molecular flexibility index (Phi) is 9.59. The quantitative estimate of drug-likeness (QED) is 0.499. The Balaban J connectivity index is 1.64. The van der Waals surface area contributed by atoms with Gasteiger partial charge in [-0.1, -0.05) is 29.8 Å². The van der Waals surface area contributed by atoms with Crippen LogP contribution in [-0.2, 0) is 0 Å². The van der Waals surface area contributed by atoms with Gasteiger partial charge in [-0.25, -0.2) is 4.79 Å². The Morgan fingerprint density at radius 3 is 2.50 bits per heavy atom. The second-order valence-corrected chi connectivity index (χ2v) is 8.19. The highest BCUT2D eigenvalue weighted by molar-refractivity contribution is 6.30. The van der Waals surface area contributed by atoms with Crippen molar-refractivity contribution in [2.45, 2.75) is 32.1 Å². The average Bonchev–Trinajstić information content (AvgIpc) is 2.69. The van der Waals surface area contributed by atoms with Gasteiger partial charge >= 0.3 is 6.09 Å². The number of likely N-dealkylation sites (N-methyl/N-ethyl adjacent to an activating group) is 1. The van der Waals surface area contributed by atoms with Crippen LogP contribution in [0.4, 0.5) is 4.79 Å². The fourth-order valence-corrected chi connectivity index (χ4v) is 3.67. The van der Waals surface area contributed by atoms with Crippen LogP contribution >= 0.6 is 11.6 Å². The molecule has 0 aliphatic heterocycles. The molecular formula is C23H33ClN2O2. The predicted molar refractivity (Wildman–Crippen MR) is 117 cm³/mol. The summed E-state index contributed by atoms with van der Waals surface area (Å²) in [6, 6.07) is 6.85. The summed E-state index contributed by atoms with van der Waals surface area (Å²) in [5, 5.41) is 0.627. The highest BCUT2D eigenvalue weighted by atomic mass is 35.5. The summed E-state index contributed by atoms with van der Waals surface area (Å²) in [5.41, 5.74) is 0. The van der Waals surface area contributed by atoms with Gasteiger partial charge in [0.1, 0.15) is 5.75 Å². The van der Waals surface area contributed by atoms with Crippen molar-refractivity contribution in [1.29, 1.82) is 0 Å². The Bertz CT molecular complexity index is 637. The molecule has 28 heavy (non-hydrogen) atoms. The molecule has 2 rings (SSSR count). The van der Waals surface area contributed by atoms with Crippen molar-refractivity contribution in [2.75, 3.05) is 33.7 Å². The lowest BCUT2D eigenvalue weighted by atomic mass is 9.80. The van der Waals surface area contributed by atoms with Gasteiger partial charge in [0.2, 0.25) is 0 Å². The van der Waals surface area contributed by atoms with Crippen LogP contribution in [0.5, 0.6) is 5.75 Å². The molecule has 1 aromatic rings. The molecule has 0 radical (unpaired) electrons. The van der Waals surface area contributed by atoms with Crippen molar-refractivity contribution >= 4 is 17.7 Å². The zero-order valence-corrected chi connectivity index (χ0v) is 17.9. The van der Waals surface area contributed by atoms with Gasteiger partial charge in [0.25, 0.3) is 0 Å². The number of hydrogen-bond acceptors (Lipinski definition) is 3. The predicted octanol–water partition coefficient (Wildman–Crippen LogP) is 5.64. The average molecular weight is 405 g/mol. The lowest BCUT2D eigenvalue weighted by molar-refractivity contribution is 0.157. The number of allylic oxidation sites excluding steroid dienone is 1. The van der Waals surface area contributed by atoms with E-state index in [1.54, 1.807) is 36.2 Å². The molecule has 0 spiro atoms. The van der Waals surface area contributed by atoms with E-state index in [1.807, 2.05) is 6.08 Å². The molecule has 1 fully saturated rings. The first kappa shape index (κ1) is 22.5. The molecule has 1 aliphatic carbocycles. The summed E-state index contributed by atoms with van der Waals surface area (Å²) in [5.74, 6) is 1.91. The zero-order chi connectivity index (χ0) is 20.4. The Labute approximate surface area is 174 Å². The van der Waals surface area contributed by atoms with E-state index >= 15 is 0 Å². The first-order chi connectivity index (χ1) is 13.5. The number of carbonyl (C=O) groups excluding carboxylic acids is 1. The monoisotopic (exact) mass is 404 g/mol. The van der Waals surface area contributed by atoms with Crippen LogP contribution in [0.3, 0.4) is 0 Å². The number of halogens is 1. The number of carbonyl (C=O) groups is 1. The third-order valence-electron chi connectivity index (χ3n) is 5.36. The van der Waals surface area contributed by atoms with E-state index in [0.29, 0.717) is 22.6 Å². The van der Waals surface area contributed by atoms with E-state index in [0.717, 1.165) is 26.1 Å². The van der Waals surface area contributed by atoms with Gasteiger partial charge in [-0.15, -0.1) is 6.58 Å². The summed E-state index contributed by atoms with van der Waals surface area (Å²) < 4.78 is 5.38. The van der Waals surface area contributed by atoms with Crippen LogP contribution < -0.4 is 4.74 Å². The lowest BCUT2D eigenvalue weighted by Crippen LogP contribution is -2.32. The standard InChI is InChI=1S/C23H33ClN2O2/c1-4-16-25(2)17-5-6-19-7-9-20(10-8-19)15-18-26(3)23(27)28-22-13-11-21(24)12-14-22/h4-6,11-14,19-20H,1,7-10,15-18H2,2-3H3/t19-,20-. The van der Waals surface area contributed by atoms with Crippen LogP contribution in [0.25, 0.3) is 0 Å². The first-order valence-corrected chi connectivity index (χ1v) is 10.5. The molecule has 1 aromatic carbocycles. The largest absolute Gasteiger partial charge is 0.414 e. The minimum atomic E-state index is -0.317. The van der Waals surface area contributed by atoms with Crippen molar-refractivity contribution in [3.05, 3.63) is 54.1 Å². The molecule has 0 N–H and O–H groups in total. The van der Waals surface area contributed by atoms with Gasteiger partial charge in [-0.2, -0.15) is 0 Å². The molecule has 1 aliphatic rings. The molecule has 0 unspecified atom stereocenters. The summed E-state index contributed by atoms with van der Waals surface area (Å²) >= 11 is 5.85. The smallest absolute Gasteiger partial charge is 0.410 e. The number of nitrogens with zero attached hydrogens (tertiary/aromatic N) is 2. The normalized spacial score (nSPS) is 19.7. The summed E-state index contributed by atoms with van der Waals surface area (Å²) in [6.07, 6.45) is 12.3. The van der Waals surface area contributed by atoms with E-state index in [1.165, 1.54) is 25.7 Å². The van der Waals surface area contributed by atoms with E-state index in [2.05, 4.69) is 30.7 Å². The van der Waals surface area contributed by atoms with Crippen LogP contribution in [0.1, 0.15) is 32.1 Å². The van der Waals surface area contributed by atoms with Gasteiger partial charge in [0.05, 0.1) is 0 Å². The van der Waals surface area contributed by atoms with E-state index in [-0.39, 0.29) is 6.09 Å². The minimum absolute atomic E-state index is 0.317. The molecule has 1 amide bonds. The van der Waals surface area contributed by atoms with Crippen molar-refractivity contribution in [3.63, 3.8) is 0 Å².